The van der Waals surface area contributed by atoms with Crippen LogP contribution in [0.15, 0.2) is 36.5 Å². The van der Waals surface area contributed by atoms with E-state index in [1.807, 2.05) is 37.3 Å². The van der Waals surface area contributed by atoms with Crippen molar-refractivity contribution >= 4 is 38.7 Å². The van der Waals surface area contributed by atoms with Crippen molar-refractivity contribution in [1.29, 1.82) is 0 Å². The number of carbonyl (C=O) groups excluding carboxylic acids is 1. The molecule has 1 aromatic heterocycles. The Morgan fingerprint density at radius 3 is 2.62 bits per heavy atom. The molecular formula is C15H17N3O4S2. The highest BCUT2D eigenvalue weighted by Crippen LogP contribution is 2.63. The van der Waals surface area contributed by atoms with Gasteiger partial charge in [-0.3, -0.25) is 4.55 Å². The maximum Gasteiger partial charge on any atom is 0.333 e. The minimum Gasteiger partial charge on any atom is -0.467 e. The van der Waals surface area contributed by atoms with Gasteiger partial charge in [0.15, 0.2) is 10.7 Å². The third-order valence-electron chi connectivity index (χ3n) is 4.55. The fourth-order valence-electron chi connectivity index (χ4n) is 3.23. The van der Waals surface area contributed by atoms with E-state index in [9.17, 15) is 13.6 Å². The van der Waals surface area contributed by atoms with Gasteiger partial charge in [-0.15, -0.1) is 0 Å². The maximum atomic E-state index is 12.7. The number of esters is 1. The van der Waals surface area contributed by atoms with Gasteiger partial charge in [-0.1, -0.05) is 48.6 Å². The summed E-state index contributed by atoms with van der Waals surface area (Å²) in [5.74, 6) is -0.566. The monoisotopic (exact) mass is 367 g/mol. The molecule has 1 aliphatic rings. The summed E-state index contributed by atoms with van der Waals surface area (Å²) in [5.41, 5.74) is 4.59. The average Bonchev–Trinajstić information content (AvgIpc) is 2.98. The zero-order chi connectivity index (χ0) is 17.5. The number of benzene rings is 1. The highest BCUT2D eigenvalue weighted by Gasteiger charge is 2.76. The number of aromatic nitrogens is 1. The molecule has 9 heteroatoms. The number of nitrogen functional groups attached to an aromatic ring is 1. The molecule has 1 heterocycles. The van der Waals surface area contributed by atoms with Crippen LogP contribution < -0.4 is 10.0 Å². The predicted molar refractivity (Wildman–Crippen MR) is 92.9 cm³/mol. The standard InChI is InChI=1S/C15H17N3O4S2/c1-14(10-6-4-3-5-7-10)9-15(14,12(19)22-2)18(24(20)21)11-8-17-13(16)23-11/h3-8H,9H2,1-2H3,(H2,16,17)(H,20,21). The molecule has 1 fully saturated rings. The zero-order valence-corrected chi connectivity index (χ0v) is 14.8. The molecule has 24 heavy (non-hydrogen) atoms. The largest absolute Gasteiger partial charge is 0.467 e. The maximum absolute atomic E-state index is 12.7. The van der Waals surface area contributed by atoms with E-state index in [1.54, 1.807) is 0 Å². The Hall–Kier alpha value is -1.97. The Morgan fingerprint density at radius 2 is 2.12 bits per heavy atom. The van der Waals surface area contributed by atoms with Gasteiger partial charge in [-0.05, 0) is 12.0 Å². The molecule has 1 saturated carbocycles. The second kappa shape index (κ2) is 5.83. The highest BCUT2D eigenvalue weighted by atomic mass is 32.2. The van der Waals surface area contributed by atoms with Crippen molar-refractivity contribution < 1.29 is 18.3 Å². The van der Waals surface area contributed by atoms with Crippen LogP contribution in [-0.2, 0) is 26.2 Å². The summed E-state index contributed by atoms with van der Waals surface area (Å²) in [6.45, 7) is 1.88. The summed E-state index contributed by atoms with van der Waals surface area (Å²) < 4.78 is 28.1. The summed E-state index contributed by atoms with van der Waals surface area (Å²) in [6, 6.07) is 9.40. The van der Waals surface area contributed by atoms with Crippen LogP contribution in [0, 0.1) is 0 Å². The van der Waals surface area contributed by atoms with E-state index in [2.05, 4.69) is 4.98 Å². The number of hydrogen-bond acceptors (Lipinski definition) is 6. The molecule has 3 unspecified atom stereocenters. The van der Waals surface area contributed by atoms with Gasteiger partial charge in [-0.2, -0.15) is 0 Å². The highest BCUT2D eigenvalue weighted by molar-refractivity contribution is 7.81. The molecule has 0 bridgehead atoms. The fraction of sp³-hybridized carbons (Fsp3) is 0.333. The Bertz CT molecular complexity index is 797. The minimum absolute atomic E-state index is 0.252. The van der Waals surface area contributed by atoms with Gasteiger partial charge in [0.25, 0.3) is 11.3 Å². The molecule has 1 aliphatic carbocycles. The minimum atomic E-state index is -2.44. The molecule has 3 rings (SSSR count). The lowest BCUT2D eigenvalue weighted by atomic mass is 9.92. The van der Waals surface area contributed by atoms with E-state index in [1.165, 1.54) is 13.3 Å². The summed E-state index contributed by atoms with van der Waals surface area (Å²) in [7, 11) is 1.27. The van der Waals surface area contributed by atoms with E-state index in [0.29, 0.717) is 11.4 Å². The molecule has 0 saturated heterocycles. The van der Waals surface area contributed by atoms with Gasteiger partial charge in [0.1, 0.15) is 5.00 Å². The molecule has 3 atom stereocenters. The number of nitrogens with zero attached hydrogens (tertiary/aromatic N) is 2. The number of carbonyl (C=O) groups is 1. The lowest BCUT2D eigenvalue weighted by Gasteiger charge is -2.30. The van der Waals surface area contributed by atoms with Gasteiger partial charge in [0.2, 0.25) is 0 Å². The van der Waals surface area contributed by atoms with Crippen LogP contribution in [0.1, 0.15) is 18.9 Å². The van der Waals surface area contributed by atoms with E-state index in [0.717, 1.165) is 21.2 Å². The number of methoxy groups -OCH3 is 1. The van der Waals surface area contributed by atoms with Crippen LogP contribution >= 0.6 is 11.3 Å². The Morgan fingerprint density at radius 1 is 1.46 bits per heavy atom. The third kappa shape index (κ3) is 2.31. The van der Waals surface area contributed by atoms with Gasteiger partial charge in [-0.25, -0.2) is 18.3 Å². The number of ether oxygens (including phenoxy) is 1. The van der Waals surface area contributed by atoms with Crippen molar-refractivity contribution in [3.05, 3.63) is 42.1 Å². The van der Waals surface area contributed by atoms with E-state index in [4.69, 9.17) is 10.5 Å². The number of hydrogen-bond donors (Lipinski definition) is 2. The third-order valence-corrected chi connectivity index (χ3v) is 6.29. The molecular weight excluding hydrogens is 350 g/mol. The van der Waals surface area contributed by atoms with Crippen LogP contribution in [0.3, 0.4) is 0 Å². The molecule has 7 nitrogen and oxygen atoms in total. The van der Waals surface area contributed by atoms with Crippen molar-refractivity contribution in [2.24, 2.45) is 0 Å². The Kier molecular flexibility index (Phi) is 4.10. The second-order valence-corrected chi connectivity index (χ2v) is 7.66. The molecule has 0 spiro atoms. The normalized spacial score (nSPS) is 26.6. The van der Waals surface area contributed by atoms with Crippen molar-refractivity contribution in [3.8, 4) is 0 Å². The number of rotatable bonds is 5. The SMILES string of the molecule is COC(=O)C1(N(c2cnc(N)s2)S(=O)O)CC1(C)c1ccccc1. The summed E-state index contributed by atoms with van der Waals surface area (Å²) >= 11 is -1.40. The first-order valence-electron chi connectivity index (χ1n) is 7.13. The Balaban J connectivity index is 2.14. The summed E-state index contributed by atoms with van der Waals surface area (Å²) in [4.78, 5) is 16.6. The van der Waals surface area contributed by atoms with Crippen LogP contribution in [0.25, 0.3) is 0 Å². The molecule has 0 radical (unpaired) electrons. The van der Waals surface area contributed by atoms with E-state index < -0.39 is 28.2 Å². The number of nitrogens with two attached hydrogens (primary N) is 1. The average molecular weight is 367 g/mol. The first-order valence-corrected chi connectivity index (χ1v) is 9.01. The quantitative estimate of drug-likeness (QED) is 0.618. The topological polar surface area (TPSA) is 106 Å². The van der Waals surface area contributed by atoms with Crippen molar-refractivity contribution in [2.45, 2.75) is 24.3 Å². The van der Waals surface area contributed by atoms with Gasteiger partial charge >= 0.3 is 5.97 Å². The molecule has 0 aliphatic heterocycles. The van der Waals surface area contributed by atoms with Crippen molar-refractivity contribution in [1.82, 2.24) is 4.98 Å². The summed E-state index contributed by atoms with van der Waals surface area (Å²) in [6.07, 6.45) is 1.74. The van der Waals surface area contributed by atoms with Gasteiger partial charge in [0, 0.05) is 5.41 Å². The fourth-order valence-corrected chi connectivity index (χ4v) is 5.01. The first-order chi connectivity index (χ1) is 11.4. The van der Waals surface area contributed by atoms with E-state index >= 15 is 0 Å². The molecule has 3 N–H and O–H groups in total. The molecule has 128 valence electrons. The van der Waals surface area contributed by atoms with Crippen LogP contribution in [0.2, 0.25) is 0 Å². The lowest BCUT2D eigenvalue weighted by molar-refractivity contribution is -0.143. The molecule has 0 amide bonds. The lowest BCUT2D eigenvalue weighted by Crippen LogP contribution is -2.50. The van der Waals surface area contributed by atoms with Crippen LogP contribution in [0.4, 0.5) is 10.1 Å². The van der Waals surface area contributed by atoms with Crippen molar-refractivity contribution in [2.75, 3.05) is 17.1 Å². The predicted octanol–water partition coefficient (Wildman–Crippen LogP) is 1.94. The van der Waals surface area contributed by atoms with Gasteiger partial charge in [0.05, 0.1) is 13.3 Å². The van der Waals surface area contributed by atoms with Crippen LogP contribution in [-0.4, -0.2) is 32.4 Å². The van der Waals surface area contributed by atoms with Gasteiger partial charge < -0.3 is 10.5 Å². The second-order valence-electron chi connectivity index (χ2n) is 5.79. The number of anilines is 2. The molecule has 2 aromatic rings. The first kappa shape index (κ1) is 16.9. The molecule has 1 aromatic carbocycles. The Labute approximate surface area is 145 Å². The number of thiazole rings is 1. The van der Waals surface area contributed by atoms with Crippen LogP contribution in [0.5, 0.6) is 0 Å². The smallest absolute Gasteiger partial charge is 0.333 e. The summed E-state index contributed by atoms with van der Waals surface area (Å²) in [5, 5.41) is 0.598. The van der Waals surface area contributed by atoms with Crippen molar-refractivity contribution in [3.63, 3.8) is 0 Å². The zero-order valence-electron chi connectivity index (χ0n) is 13.1. The van der Waals surface area contributed by atoms with E-state index in [-0.39, 0.29) is 5.13 Å².